The number of nitrogens with one attached hydrogen (secondary N) is 1. The van der Waals surface area contributed by atoms with Gasteiger partial charge in [0, 0.05) is 0 Å². The Kier molecular flexibility index (Phi) is 3.66. The molecule has 0 amide bonds. The van der Waals surface area contributed by atoms with Gasteiger partial charge in [-0.3, -0.25) is 9.36 Å². The van der Waals surface area contributed by atoms with E-state index in [1.807, 2.05) is 0 Å². The smallest absolute Gasteiger partial charge is 0.325 e. The first-order chi connectivity index (χ1) is 6.40. The van der Waals surface area contributed by atoms with Crippen LogP contribution in [0.5, 0.6) is 0 Å². The highest BCUT2D eigenvalue weighted by molar-refractivity contribution is 7.51. The summed E-state index contributed by atoms with van der Waals surface area (Å²) >= 11 is 0. The van der Waals surface area contributed by atoms with E-state index in [1.165, 1.54) is 0 Å². The monoisotopic (exact) mass is 223 g/mol. The van der Waals surface area contributed by atoms with Crippen molar-refractivity contribution < 1.29 is 24.3 Å². The van der Waals surface area contributed by atoms with Gasteiger partial charge in [-0.2, -0.15) is 0 Å². The molecule has 0 aromatic rings. The van der Waals surface area contributed by atoms with Gasteiger partial charge < -0.3 is 20.2 Å². The molecule has 0 spiro atoms. The third-order valence-corrected chi connectivity index (χ3v) is 3.25. The molecule has 1 aliphatic rings. The summed E-state index contributed by atoms with van der Waals surface area (Å²) in [7, 11) is -4.00. The molecular formula is C7H14NO5P. The third-order valence-electron chi connectivity index (χ3n) is 2.41. The first-order valence-corrected chi connectivity index (χ1v) is 6.20. The van der Waals surface area contributed by atoms with Crippen molar-refractivity contribution >= 4 is 13.6 Å². The SMILES string of the molecule is O=C(O)[C@@H]1NCC[C@H]1CCP(=O)(O)O. The lowest BCUT2D eigenvalue weighted by Gasteiger charge is -2.15. The second-order valence-electron chi connectivity index (χ2n) is 3.50. The van der Waals surface area contributed by atoms with Crippen molar-refractivity contribution in [2.24, 2.45) is 5.92 Å². The maximum Gasteiger partial charge on any atom is 0.325 e. The van der Waals surface area contributed by atoms with Gasteiger partial charge in [-0.25, -0.2) is 0 Å². The van der Waals surface area contributed by atoms with Gasteiger partial charge in [0.05, 0.1) is 6.16 Å². The zero-order valence-electron chi connectivity index (χ0n) is 7.59. The zero-order valence-corrected chi connectivity index (χ0v) is 8.48. The van der Waals surface area contributed by atoms with Crippen LogP contribution in [0.15, 0.2) is 0 Å². The fourth-order valence-corrected chi connectivity index (χ4v) is 2.36. The minimum Gasteiger partial charge on any atom is -0.480 e. The van der Waals surface area contributed by atoms with Crippen molar-refractivity contribution in [1.29, 1.82) is 0 Å². The summed E-state index contributed by atoms with van der Waals surface area (Å²) in [5, 5.41) is 11.5. The van der Waals surface area contributed by atoms with Gasteiger partial charge in [-0.1, -0.05) is 0 Å². The van der Waals surface area contributed by atoms with Crippen LogP contribution in [0.3, 0.4) is 0 Å². The summed E-state index contributed by atoms with van der Waals surface area (Å²) in [6.07, 6.45) is 0.689. The number of aliphatic carboxylic acids is 1. The van der Waals surface area contributed by atoms with Gasteiger partial charge in [0.2, 0.25) is 0 Å². The van der Waals surface area contributed by atoms with Crippen LogP contribution in [0, 0.1) is 5.92 Å². The Hall–Kier alpha value is -0.420. The van der Waals surface area contributed by atoms with E-state index >= 15 is 0 Å². The maximum atomic E-state index is 10.7. The molecule has 14 heavy (non-hydrogen) atoms. The fraction of sp³-hybridized carbons (Fsp3) is 0.857. The van der Waals surface area contributed by atoms with E-state index in [9.17, 15) is 9.36 Å². The van der Waals surface area contributed by atoms with E-state index < -0.39 is 19.6 Å². The normalized spacial score (nSPS) is 27.9. The maximum absolute atomic E-state index is 10.7. The molecule has 0 aromatic heterocycles. The molecule has 1 saturated heterocycles. The standard InChI is InChI=1S/C7H14NO5P/c9-7(10)6-5(1-3-8-6)2-4-14(11,12)13/h5-6,8H,1-4H2,(H,9,10)(H2,11,12,13)/t5-,6+/m0/s1. The molecule has 7 heteroatoms. The Morgan fingerprint density at radius 3 is 2.64 bits per heavy atom. The van der Waals surface area contributed by atoms with Crippen LogP contribution >= 0.6 is 7.60 Å². The van der Waals surface area contributed by atoms with Gasteiger partial charge in [-0.15, -0.1) is 0 Å². The van der Waals surface area contributed by atoms with Crippen LogP contribution in [0.2, 0.25) is 0 Å². The van der Waals surface area contributed by atoms with Crippen LogP contribution in [-0.2, 0) is 9.36 Å². The third kappa shape index (κ3) is 3.38. The zero-order chi connectivity index (χ0) is 10.8. The molecule has 0 radical (unpaired) electrons. The highest BCUT2D eigenvalue weighted by Crippen LogP contribution is 2.37. The van der Waals surface area contributed by atoms with Crippen LogP contribution in [0.4, 0.5) is 0 Å². The van der Waals surface area contributed by atoms with Crippen LogP contribution in [0.25, 0.3) is 0 Å². The summed E-state index contributed by atoms with van der Waals surface area (Å²) < 4.78 is 10.6. The summed E-state index contributed by atoms with van der Waals surface area (Å²) in [4.78, 5) is 28.0. The predicted octanol–water partition coefficient (Wildman–Crippen LogP) is -0.383. The van der Waals surface area contributed by atoms with Crippen molar-refractivity contribution in [3.63, 3.8) is 0 Å². The number of hydrogen-bond donors (Lipinski definition) is 4. The van der Waals surface area contributed by atoms with E-state index in [0.29, 0.717) is 13.0 Å². The van der Waals surface area contributed by atoms with E-state index in [1.54, 1.807) is 0 Å². The lowest BCUT2D eigenvalue weighted by molar-refractivity contribution is -0.140. The molecule has 2 atom stereocenters. The van der Waals surface area contributed by atoms with Gasteiger partial charge in [0.1, 0.15) is 6.04 Å². The summed E-state index contributed by atoms with van der Waals surface area (Å²) in [5.41, 5.74) is 0. The first kappa shape index (κ1) is 11.7. The minimum absolute atomic E-state index is 0.167. The van der Waals surface area contributed by atoms with Gasteiger partial charge in [0.15, 0.2) is 0 Å². The van der Waals surface area contributed by atoms with Crippen molar-refractivity contribution in [3.05, 3.63) is 0 Å². The molecule has 0 unspecified atom stereocenters. The minimum atomic E-state index is -4.00. The number of rotatable bonds is 4. The predicted molar refractivity (Wildman–Crippen MR) is 49.1 cm³/mol. The van der Waals surface area contributed by atoms with E-state index in [0.717, 1.165) is 0 Å². The molecule has 1 heterocycles. The molecule has 0 saturated carbocycles. The number of carboxylic acid groups (broad SMARTS) is 1. The molecule has 82 valence electrons. The second-order valence-corrected chi connectivity index (χ2v) is 5.27. The van der Waals surface area contributed by atoms with Gasteiger partial charge in [0.25, 0.3) is 0 Å². The number of carbonyl (C=O) groups is 1. The van der Waals surface area contributed by atoms with E-state index in [4.69, 9.17) is 14.9 Å². The van der Waals surface area contributed by atoms with Crippen LogP contribution in [-0.4, -0.2) is 39.6 Å². The Morgan fingerprint density at radius 2 is 2.14 bits per heavy atom. The highest BCUT2D eigenvalue weighted by atomic mass is 31.2. The Bertz CT molecular complexity index is 263. The van der Waals surface area contributed by atoms with Crippen molar-refractivity contribution in [2.45, 2.75) is 18.9 Å². The molecule has 0 aliphatic carbocycles. The molecule has 1 rings (SSSR count). The van der Waals surface area contributed by atoms with Gasteiger partial charge in [-0.05, 0) is 25.3 Å². The van der Waals surface area contributed by atoms with Gasteiger partial charge >= 0.3 is 13.6 Å². The molecule has 1 fully saturated rings. The lowest BCUT2D eigenvalue weighted by atomic mass is 9.98. The Labute approximate surface area is 81.5 Å². The number of hydrogen-bond acceptors (Lipinski definition) is 3. The van der Waals surface area contributed by atoms with Crippen molar-refractivity contribution in [3.8, 4) is 0 Å². The summed E-state index contributed by atoms with van der Waals surface area (Å²) in [6, 6.07) is -0.651. The average Bonchev–Trinajstić information content (AvgIpc) is 2.46. The van der Waals surface area contributed by atoms with Crippen molar-refractivity contribution in [1.82, 2.24) is 5.32 Å². The summed E-state index contributed by atoms with van der Waals surface area (Å²) in [5.74, 6) is -1.11. The Balaban J connectivity index is 2.44. The molecule has 0 aromatic carbocycles. The topological polar surface area (TPSA) is 107 Å². The second kappa shape index (κ2) is 4.40. The van der Waals surface area contributed by atoms with Crippen LogP contribution < -0.4 is 5.32 Å². The average molecular weight is 223 g/mol. The lowest BCUT2D eigenvalue weighted by Crippen LogP contribution is -2.35. The molecule has 6 nitrogen and oxygen atoms in total. The van der Waals surface area contributed by atoms with Crippen molar-refractivity contribution in [2.75, 3.05) is 12.7 Å². The molecular weight excluding hydrogens is 209 g/mol. The van der Waals surface area contributed by atoms with E-state index in [2.05, 4.69) is 5.32 Å². The Morgan fingerprint density at radius 1 is 1.50 bits per heavy atom. The van der Waals surface area contributed by atoms with E-state index in [-0.39, 0.29) is 18.5 Å². The molecule has 4 N–H and O–H groups in total. The quantitative estimate of drug-likeness (QED) is 0.484. The first-order valence-electron chi connectivity index (χ1n) is 4.41. The molecule has 1 aliphatic heterocycles. The fourth-order valence-electron chi connectivity index (χ4n) is 1.69. The summed E-state index contributed by atoms with van der Waals surface area (Å²) in [6.45, 7) is 0.600. The number of carboxylic acids is 1. The largest absolute Gasteiger partial charge is 0.480 e. The van der Waals surface area contributed by atoms with Crippen LogP contribution in [0.1, 0.15) is 12.8 Å². The highest BCUT2D eigenvalue weighted by Gasteiger charge is 2.33. The molecule has 0 bridgehead atoms.